The van der Waals surface area contributed by atoms with Crippen molar-refractivity contribution < 1.29 is 22.8 Å². The largest absolute Gasteiger partial charge is 0.381 e. The van der Waals surface area contributed by atoms with Crippen LogP contribution in [0.2, 0.25) is 0 Å². The van der Waals surface area contributed by atoms with Crippen LogP contribution in [0.5, 0.6) is 0 Å². The summed E-state index contributed by atoms with van der Waals surface area (Å²) in [5.74, 6) is -5.23. The highest BCUT2D eigenvalue weighted by Crippen LogP contribution is 2.20. The molecule has 0 aliphatic heterocycles. The number of nitrogens with two attached hydrogens (primary N) is 1. The first-order valence-electron chi connectivity index (χ1n) is 6.36. The maximum absolute atomic E-state index is 13.5. The van der Waals surface area contributed by atoms with Crippen LogP contribution in [0.25, 0.3) is 0 Å². The third-order valence-corrected chi connectivity index (χ3v) is 3.47. The smallest absolute Gasteiger partial charge is 0.268 e. The summed E-state index contributed by atoms with van der Waals surface area (Å²) in [7, 11) is 0. The van der Waals surface area contributed by atoms with Crippen LogP contribution in [0, 0.1) is 17.5 Å². The number of thiophene rings is 1. The quantitative estimate of drug-likeness (QED) is 0.379. The van der Waals surface area contributed by atoms with Crippen LogP contribution < -0.4 is 11.1 Å². The van der Waals surface area contributed by atoms with Crippen LogP contribution in [0.1, 0.15) is 12.5 Å². The first-order valence-corrected chi connectivity index (χ1v) is 7.30. The van der Waals surface area contributed by atoms with Gasteiger partial charge in [0.25, 0.3) is 5.91 Å². The zero-order valence-corrected chi connectivity index (χ0v) is 12.7. The Hall–Kier alpha value is -2.55. The van der Waals surface area contributed by atoms with Crippen molar-refractivity contribution in [1.29, 1.82) is 0 Å². The molecule has 5 nitrogen and oxygen atoms in total. The number of hydrogen-bond donors (Lipinski definition) is 2. The van der Waals surface area contributed by atoms with E-state index in [0.29, 0.717) is 11.6 Å². The van der Waals surface area contributed by atoms with Gasteiger partial charge < -0.3 is 15.9 Å². The number of amides is 1. The number of nitrogens with zero attached hydrogens (tertiary/aromatic N) is 1. The van der Waals surface area contributed by atoms with E-state index in [2.05, 4.69) is 10.5 Å². The van der Waals surface area contributed by atoms with Gasteiger partial charge in [-0.25, -0.2) is 13.2 Å². The average molecular weight is 343 g/mol. The van der Waals surface area contributed by atoms with Gasteiger partial charge in [0.1, 0.15) is 0 Å². The molecule has 1 atom stereocenters. The second kappa shape index (κ2) is 7.14. The van der Waals surface area contributed by atoms with Gasteiger partial charge >= 0.3 is 0 Å². The van der Waals surface area contributed by atoms with E-state index in [0.717, 1.165) is 6.07 Å². The van der Waals surface area contributed by atoms with Crippen molar-refractivity contribution in [2.75, 3.05) is 5.32 Å². The van der Waals surface area contributed by atoms with E-state index in [9.17, 15) is 18.0 Å². The normalized spacial score (nSPS) is 12.8. The molecule has 0 saturated carbocycles. The predicted octanol–water partition coefficient (Wildman–Crippen LogP) is 2.83. The summed E-state index contributed by atoms with van der Waals surface area (Å²) in [6.07, 6.45) is -1.13. The number of nitrogens with one attached hydrogen (secondary N) is 1. The highest BCUT2D eigenvalue weighted by molar-refractivity contribution is 7.08. The van der Waals surface area contributed by atoms with Crippen molar-refractivity contribution in [1.82, 2.24) is 0 Å². The molecule has 1 aromatic carbocycles. The van der Waals surface area contributed by atoms with Gasteiger partial charge in [0.2, 0.25) is 6.10 Å². The molecule has 122 valence electrons. The molecule has 0 saturated heterocycles. The summed E-state index contributed by atoms with van der Waals surface area (Å²) >= 11 is 1.41. The maximum Gasteiger partial charge on any atom is 0.268 e. The Labute approximate surface area is 133 Å². The number of anilines is 1. The van der Waals surface area contributed by atoms with Crippen molar-refractivity contribution in [3.8, 4) is 0 Å². The standard InChI is InChI=1S/C14H12F3N3O2S/c1-7(22-20-13(18)8-4-5-23-6-8)14(21)19-10-3-2-9(15)11(16)12(10)17/h2-7H,1H3,(H2,18,20)(H,19,21). The lowest BCUT2D eigenvalue weighted by molar-refractivity contribution is -0.126. The molecule has 1 unspecified atom stereocenters. The van der Waals surface area contributed by atoms with E-state index in [1.54, 1.807) is 16.8 Å². The van der Waals surface area contributed by atoms with Crippen LogP contribution in [-0.4, -0.2) is 17.8 Å². The number of benzene rings is 1. The van der Waals surface area contributed by atoms with Crippen LogP contribution in [0.15, 0.2) is 34.1 Å². The topological polar surface area (TPSA) is 76.7 Å². The highest BCUT2D eigenvalue weighted by atomic mass is 32.1. The van der Waals surface area contributed by atoms with Crippen molar-refractivity contribution >= 4 is 28.8 Å². The minimum atomic E-state index is -1.67. The average Bonchev–Trinajstić information content (AvgIpc) is 3.07. The fourth-order valence-electron chi connectivity index (χ4n) is 1.50. The number of amidine groups is 1. The number of rotatable bonds is 5. The molecule has 3 N–H and O–H groups in total. The third-order valence-electron chi connectivity index (χ3n) is 2.79. The van der Waals surface area contributed by atoms with Gasteiger partial charge in [0, 0.05) is 10.9 Å². The number of carbonyl (C=O) groups is 1. The van der Waals surface area contributed by atoms with E-state index in [-0.39, 0.29) is 5.84 Å². The molecule has 0 aliphatic rings. The van der Waals surface area contributed by atoms with Crippen LogP contribution in [0.4, 0.5) is 18.9 Å². The molecule has 0 radical (unpaired) electrons. The molecule has 0 fully saturated rings. The van der Waals surface area contributed by atoms with Gasteiger partial charge in [0.15, 0.2) is 23.3 Å². The molecule has 1 heterocycles. The first kappa shape index (κ1) is 16.8. The van der Waals surface area contributed by atoms with E-state index in [1.165, 1.54) is 18.3 Å². The summed E-state index contributed by atoms with van der Waals surface area (Å²) in [6.45, 7) is 1.34. The molecule has 9 heteroatoms. The van der Waals surface area contributed by atoms with E-state index < -0.39 is 35.2 Å². The third kappa shape index (κ3) is 4.01. The Morgan fingerprint density at radius 3 is 2.70 bits per heavy atom. The lowest BCUT2D eigenvalue weighted by Gasteiger charge is -2.12. The summed E-state index contributed by atoms with van der Waals surface area (Å²) < 4.78 is 39.4. The zero-order chi connectivity index (χ0) is 17.0. The fraction of sp³-hybridized carbons (Fsp3) is 0.143. The lowest BCUT2D eigenvalue weighted by Crippen LogP contribution is -2.28. The minimum absolute atomic E-state index is 0.0740. The maximum atomic E-state index is 13.5. The summed E-state index contributed by atoms with van der Waals surface area (Å²) in [5.41, 5.74) is 5.78. The molecule has 23 heavy (non-hydrogen) atoms. The van der Waals surface area contributed by atoms with Gasteiger partial charge in [-0.15, -0.1) is 0 Å². The summed E-state index contributed by atoms with van der Waals surface area (Å²) in [6, 6.07) is 3.32. The lowest BCUT2D eigenvalue weighted by atomic mass is 10.2. The van der Waals surface area contributed by atoms with Crippen LogP contribution >= 0.6 is 11.3 Å². The van der Waals surface area contributed by atoms with Crippen molar-refractivity contribution in [3.63, 3.8) is 0 Å². The van der Waals surface area contributed by atoms with Gasteiger partial charge in [0.05, 0.1) is 5.69 Å². The molecular weight excluding hydrogens is 331 g/mol. The van der Waals surface area contributed by atoms with Gasteiger partial charge in [-0.3, -0.25) is 4.79 Å². The van der Waals surface area contributed by atoms with E-state index >= 15 is 0 Å². The highest BCUT2D eigenvalue weighted by Gasteiger charge is 2.19. The van der Waals surface area contributed by atoms with E-state index in [4.69, 9.17) is 10.6 Å². The van der Waals surface area contributed by atoms with Gasteiger partial charge in [-0.05, 0) is 30.5 Å². The van der Waals surface area contributed by atoms with Crippen molar-refractivity contribution in [2.24, 2.45) is 10.9 Å². The first-order chi connectivity index (χ1) is 10.9. The Kier molecular flexibility index (Phi) is 5.22. The minimum Gasteiger partial charge on any atom is -0.381 e. The van der Waals surface area contributed by atoms with Gasteiger partial charge in [-0.1, -0.05) is 5.16 Å². The van der Waals surface area contributed by atoms with Crippen LogP contribution in [-0.2, 0) is 9.63 Å². The van der Waals surface area contributed by atoms with Gasteiger partial charge in [-0.2, -0.15) is 11.3 Å². The molecule has 2 aromatic rings. The molecule has 1 amide bonds. The zero-order valence-electron chi connectivity index (χ0n) is 11.8. The number of halogens is 3. The molecule has 0 bridgehead atoms. The molecule has 0 spiro atoms. The Morgan fingerprint density at radius 2 is 2.04 bits per heavy atom. The Morgan fingerprint density at radius 1 is 1.30 bits per heavy atom. The number of oxime groups is 1. The Bertz CT molecular complexity index is 735. The van der Waals surface area contributed by atoms with Crippen LogP contribution in [0.3, 0.4) is 0 Å². The monoisotopic (exact) mass is 343 g/mol. The summed E-state index contributed by atoms with van der Waals surface area (Å²) in [4.78, 5) is 16.8. The molecule has 1 aromatic heterocycles. The molecule has 0 aliphatic carbocycles. The SMILES string of the molecule is CC(O/N=C(\N)c1ccsc1)C(=O)Nc1ccc(F)c(F)c1F. The van der Waals surface area contributed by atoms with E-state index in [1.807, 2.05) is 0 Å². The summed E-state index contributed by atoms with van der Waals surface area (Å²) in [5, 5.41) is 9.21. The number of carbonyl (C=O) groups excluding carboxylic acids is 1. The second-order valence-corrected chi connectivity index (χ2v) is 5.23. The Balaban J connectivity index is 2.01. The fourth-order valence-corrected chi connectivity index (χ4v) is 2.15. The molecule has 2 rings (SSSR count). The second-order valence-electron chi connectivity index (χ2n) is 4.45. The number of hydrogen-bond acceptors (Lipinski definition) is 4. The molecular formula is C14H12F3N3O2S. The van der Waals surface area contributed by atoms with Crippen molar-refractivity contribution in [3.05, 3.63) is 52.0 Å². The predicted molar refractivity (Wildman–Crippen MR) is 80.5 cm³/mol. The van der Waals surface area contributed by atoms with Crippen molar-refractivity contribution in [2.45, 2.75) is 13.0 Å².